The summed E-state index contributed by atoms with van der Waals surface area (Å²) in [7, 11) is 0. The third kappa shape index (κ3) is 2.80. The summed E-state index contributed by atoms with van der Waals surface area (Å²) in [6, 6.07) is 3.68. The standard InChI is InChI=1S/C27H36N2O4/c1-24-9-5-19(29-14-13-28-17-29)15-26(24,31)11-7-22-21(24)6-10-25(2)20(8-12-27(22,25)32)18-3-4-23(30)33-16-18/h3-4,13-14,16-17,19-22,31-32H,5-12,15H2,1-2H3/t19-,20+,21-,22+,24+,25+,26-,27-/m0/s1. The molecule has 4 aliphatic rings. The van der Waals surface area contributed by atoms with Crippen LogP contribution >= 0.6 is 0 Å². The van der Waals surface area contributed by atoms with Crippen molar-refractivity contribution in [2.24, 2.45) is 22.7 Å². The Kier molecular flexibility index (Phi) is 4.61. The molecule has 0 saturated heterocycles. The number of aliphatic hydroxyl groups is 2. The first-order valence-electron chi connectivity index (χ1n) is 12.7. The van der Waals surface area contributed by atoms with Gasteiger partial charge in [0.15, 0.2) is 0 Å². The van der Waals surface area contributed by atoms with Gasteiger partial charge in [-0.1, -0.05) is 13.8 Å². The van der Waals surface area contributed by atoms with E-state index in [0.717, 1.165) is 63.4 Å². The van der Waals surface area contributed by atoms with Gasteiger partial charge in [0, 0.05) is 29.9 Å². The van der Waals surface area contributed by atoms with E-state index in [-0.39, 0.29) is 28.3 Å². The van der Waals surface area contributed by atoms with Crippen molar-refractivity contribution < 1.29 is 14.6 Å². The molecular weight excluding hydrogens is 416 g/mol. The molecule has 4 aliphatic carbocycles. The highest BCUT2D eigenvalue weighted by molar-refractivity contribution is 5.27. The zero-order chi connectivity index (χ0) is 23.1. The average molecular weight is 453 g/mol. The van der Waals surface area contributed by atoms with Gasteiger partial charge in [0.1, 0.15) is 0 Å². The van der Waals surface area contributed by atoms with E-state index in [1.807, 2.05) is 24.8 Å². The minimum absolute atomic E-state index is 0.179. The normalized spacial score (nSPS) is 46.9. The highest BCUT2D eigenvalue weighted by Gasteiger charge is 2.69. The summed E-state index contributed by atoms with van der Waals surface area (Å²) in [6.45, 7) is 4.56. The summed E-state index contributed by atoms with van der Waals surface area (Å²) in [5.74, 6) is 0.718. The van der Waals surface area contributed by atoms with Crippen LogP contribution < -0.4 is 5.63 Å². The average Bonchev–Trinajstić information content (AvgIpc) is 3.41. The van der Waals surface area contributed by atoms with Crippen LogP contribution in [0.2, 0.25) is 0 Å². The van der Waals surface area contributed by atoms with Crippen LogP contribution in [0, 0.1) is 22.7 Å². The Labute approximate surface area is 195 Å². The lowest BCUT2D eigenvalue weighted by atomic mass is 9.42. The molecule has 8 atom stereocenters. The lowest BCUT2D eigenvalue weighted by Gasteiger charge is -2.66. The Hall–Kier alpha value is -1.92. The van der Waals surface area contributed by atoms with Crippen molar-refractivity contribution in [3.63, 3.8) is 0 Å². The Morgan fingerprint density at radius 3 is 2.52 bits per heavy atom. The van der Waals surface area contributed by atoms with Gasteiger partial charge in [-0.3, -0.25) is 0 Å². The maximum atomic E-state index is 12.4. The molecule has 0 aliphatic heterocycles. The molecule has 4 saturated carbocycles. The number of fused-ring (bicyclic) bond motifs is 5. The SMILES string of the molecule is C[C@]12CC[C@H](n3ccnc3)C[C@@]1(O)CC[C@@H]1[C@@H]2CC[C@]2(C)[C@@H](c3ccc(=O)oc3)CC[C@]12O. The second-order valence-electron chi connectivity index (χ2n) is 12.0. The molecule has 4 fully saturated rings. The number of rotatable bonds is 2. The maximum absolute atomic E-state index is 12.4. The summed E-state index contributed by atoms with van der Waals surface area (Å²) in [5.41, 5.74) is -1.16. The molecule has 6 rings (SSSR count). The Morgan fingerprint density at radius 2 is 1.79 bits per heavy atom. The number of hydrogen-bond donors (Lipinski definition) is 2. The van der Waals surface area contributed by atoms with Crippen molar-refractivity contribution in [1.82, 2.24) is 9.55 Å². The predicted octanol–water partition coefficient (Wildman–Crippen LogP) is 4.43. The number of nitrogens with zero attached hydrogens (tertiary/aromatic N) is 2. The summed E-state index contributed by atoms with van der Waals surface area (Å²) >= 11 is 0. The molecule has 2 N–H and O–H groups in total. The smallest absolute Gasteiger partial charge is 0.335 e. The minimum Gasteiger partial charge on any atom is -0.431 e. The van der Waals surface area contributed by atoms with Crippen LogP contribution in [-0.4, -0.2) is 31.0 Å². The third-order valence-electron chi connectivity index (χ3n) is 11.0. The van der Waals surface area contributed by atoms with Gasteiger partial charge in [-0.15, -0.1) is 0 Å². The van der Waals surface area contributed by atoms with Crippen LogP contribution in [0.5, 0.6) is 0 Å². The van der Waals surface area contributed by atoms with Gasteiger partial charge in [-0.2, -0.15) is 0 Å². The van der Waals surface area contributed by atoms with E-state index < -0.39 is 11.2 Å². The first-order valence-corrected chi connectivity index (χ1v) is 12.7. The van der Waals surface area contributed by atoms with Crippen LogP contribution in [0.3, 0.4) is 0 Å². The molecule has 2 aromatic heterocycles. The van der Waals surface area contributed by atoms with Crippen LogP contribution in [0.4, 0.5) is 0 Å². The first kappa shape index (κ1) is 21.6. The zero-order valence-electron chi connectivity index (χ0n) is 19.7. The predicted molar refractivity (Wildman–Crippen MR) is 124 cm³/mol. The van der Waals surface area contributed by atoms with Crippen molar-refractivity contribution in [2.75, 3.05) is 0 Å². The third-order valence-corrected chi connectivity index (χ3v) is 11.0. The fourth-order valence-electron chi connectivity index (χ4n) is 9.04. The van der Waals surface area contributed by atoms with E-state index >= 15 is 0 Å². The molecular formula is C27H36N2O4. The van der Waals surface area contributed by atoms with Crippen LogP contribution in [0.1, 0.15) is 89.2 Å². The van der Waals surface area contributed by atoms with Gasteiger partial charge >= 0.3 is 5.63 Å². The quantitative estimate of drug-likeness (QED) is 0.704. The Bertz CT molecular complexity index is 1080. The van der Waals surface area contributed by atoms with Gasteiger partial charge in [-0.05, 0) is 92.6 Å². The van der Waals surface area contributed by atoms with E-state index in [4.69, 9.17) is 4.42 Å². The molecule has 0 amide bonds. The number of imidazole rings is 1. The van der Waals surface area contributed by atoms with Crippen molar-refractivity contribution in [1.29, 1.82) is 0 Å². The molecule has 2 aromatic rings. The van der Waals surface area contributed by atoms with E-state index in [9.17, 15) is 15.0 Å². The highest BCUT2D eigenvalue weighted by Crippen LogP contribution is 2.71. The molecule has 0 unspecified atom stereocenters. The second-order valence-corrected chi connectivity index (χ2v) is 12.0. The largest absolute Gasteiger partial charge is 0.431 e. The summed E-state index contributed by atoms with van der Waals surface area (Å²) < 4.78 is 7.36. The molecule has 0 aromatic carbocycles. The number of hydrogen-bond acceptors (Lipinski definition) is 5. The van der Waals surface area contributed by atoms with Crippen molar-refractivity contribution in [2.45, 2.75) is 94.8 Å². The van der Waals surface area contributed by atoms with E-state index in [1.54, 1.807) is 6.26 Å². The molecule has 2 heterocycles. The first-order chi connectivity index (χ1) is 15.7. The fraction of sp³-hybridized carbons (Fsp3) is 0.704. The van der Waals surface area contributed by atoms with Gasteiger partial charge in [0.05, 0.1) is 23.8 Å². The van der Waals surface area contributed by atoms with Crippen LogP contribution in [0.25, 0.3) is 0 Å². The maximum Gasteiger partial charge on any atom is 0.335 e. The monoisotopic (exact) mass is 452 g/mol. The topological polar surface area (TPSA) is 88.5 Å². The van der Waals surface area contributed by atoms with Crippen LogP contribution in [0.15, 0.2) is 46.3 Å². The van der Waals surface area contributed by atoms with Gasteiger partial charge in [0.2, 0.25) is 0 Å². The molecule has 6 heteroatoms. The summed E-state index contributed by atoms with van der Waals surface area (Å²) in [5, 5.41) is 24.4. The zero-order valence-corrected chi connectivity index (χ0v) is 19.7. The molecule has 178 valence electrons. The minimum atomic E-state index is -0.748. The second kappa shape index (κ2) is 7.05. The van der Waals surface area contributed by atoms with Crippen molar-refractivity contribution in [3.8, 4) is 0 Å². The summed E-state index contributed by atoms with van der Waals surface area (Å²) in [4.78, 5) is 15.7. The summed E-state index contributed by atoms with van der Waals surface area (Å²) in [6.07, 6.45) is 15.4. The van der Waals surface area contributed by atoms with Crippen molar-refractivity contribution >= 4 is 0 Å². The lowest BCUT2D eigenvalue weighted by molar-refractivity contribution is -0.249. The van der Waals surface area contributed by atoms with Gasteiger partial charge < -0.3 is 19.2 Å². The lowest BCUT2D eigenvalue weighted by Crippen LogP contribution is -2.66. The van der Waals surface area contributed by atoms with Crippen LogP contribution in [-0.2, 0) is 0 Å². The van der Waals surface area contributed by atoms with E-state index in [1.165, 1.54) is 6.07 Å². The molecule has 6 nitrogen and oxygen atoms in total. The molecule has 33 heavy (non-hydrogen) atoms. The number of aromatic nitrogens is 2. The fourth-order valence-corrected chi connectivity index (χ4v) is 9.04. The molecule has 0 bridgehead atoms. The van der Waals surface area contributed by atoms with Gasteiger partial charge in [0.25, 0.3) is 0 Å². The highest BCUT2D eigenvalue weighted by atomic mass is 16.4. The van der Waals surface area contributed by atoms with E-state index in [0.29, 0.717) is 12.0 Å². The Morgan fingerprint density at radius 1 is 1.00 bits per heavy atom. The van der Waals surface area contributed by atoms with Crippen molar-refractivity contribution in [3.05, 3.63) is 53.1 Å². The molecule has 0 radical (unpaired) electrons. The van der Waals surface area contributed by atoms with E-state index in [2.05, 4.69) is 23.4 Å². The van der Waals surface area contributed by atoms with Gasteiger partial charge in [-0.25, -0.2) is 9.78 Å². The Balaban J connectivity index is 1.31. The molecule has 0 spiro atoms.